The summed E-state index contributed by atoms with van der Waals surface area (Å²) in [6, 6.07) is 6.66. The maximum absolute atomic E-state index is 3.58. The highest BCUT2D eigenvalue weighted by atomic mass is 79.9. The van der Waals surface area contributed by atoms with Crippen LogP contribution in [0.3, 0.4) is 0 Å². The molecule has 1 heterocycles. The molecule has 0 unspecified atom stereocenters. The predicted octanol–water partition coefficient (Wildman–Crippen LogP) is 3.79. The lowest BCUT2D eigenvalue weighted by Gasteiger charge is -2.33. The summed E-state index contributed by atoms with van der Waals surface area (Å²) >= 11 is 3.58. The van der Waals surface area contributed by atoms with E-state index < -0.39 is 0 Å². The van der Waals surface area contributed by atoms with Crippen LogP contribution in [-0.4, -0.2) is 19.6 Å². The topological polar surface area (TPSA) is 15.3 Å². The highest BCUT2D eigenvalue weighted by Gasteiger charge is 2.18. The van der Waals surface area contributed by atoms with E-state index in [2.05, 4.69) is 58.2 Å². The van der Waals surface area contributed by atoms with Gasteiger partial charge in [0, 0.05) is 29.8 Å². The van der Waals surface area contributed by atoms with Crippen LogP contribution >= 0.6 is 15.9 Å². The molecule has 0 aromatic heterocycles. The zero-order valence-corrected chi connectivity index (χ0v) is 13.0. The Hall–Kier alpha value is -0.540. The van der Waals surface area contributed by atoms with Crippen LogP contribution in [-0.2, 0) is 6.54 Å². The number of hydrogen-bond acceptors (Lipinski definition) is 2. The molecule has 0 aliphatic carbocycles. The molecule has 3 heteroatoms. The van der Waals surface area contributed by atoms with E-state index in [-0.39, 0.29) is 0 Å². The second-order valence-electron chi connectivity index (χ2n) is 5.22. The van der Waals surface area contributed by atoms with Crippen LogP contribution in [0.15, 0.2) is 22.7 Å². The Labute approximate surface area is 119 Å². The van der Waals surface area contributed by atoms with Gasteiger partial charge in [-0.05, 0) is 49.1 Å². The van der Waals surface area contributed by atoms with Crippen LogP contribution in [0.5, 0.6) is 0 Å². The molecule has 0 atom stereocenters. The van der Waals surface area contributed by atoms with Crippen LogP contribution in [0.25, 0.3) is 0 Å². The first-order valence-electron chi connectivity index (χ1n) is 6.94. The van der Waals surface area contributed by atoms with Gasteiger partial charge in [0.25, 0.3) is 0 Å². The summed E-state index contributed by atoms with van der Waals surface area (Å²) in [5.74, 6) is 0.883. The molecule has 0 radical (unpaired) electrons. The molecular weight excluding hydrogens is 288 g/mol. The minimum absolute atomic E-state index is 0.883. The predicted molar refractivity (Wildman–Crippen MR) is 82.1 cm³/mol. The average Bonchev–Trinajstić information content (AvgIpc) is 2.38. The van der Waals surface area contributed by atoms with Gasteiger partial charge >= 0.3 is 0 Å². The normalized spacial score (nSPS) is 17.2. The third-order valence-electron chi connectivity index (χ3n) is 3.73. The van der Waals surface area contributed by atoms with Gasteiger partial charge in [0.05, 0.1) is 0 Å². The van der Waals surface area contributed by atoms with Gasteiger partial charge < -0.3 is 10.2 Å². The zero-order chi connectivity index (χ0) is 13.0. The molecule has 1 fully saturated rings. The lowest BCUT2D eigenvalue weighted by molar-refractivity contribution is 0.437. The van der Waals surface area contributed by atoms with E-state index in [9.17, 15) is 0 Å². The van der Waals surface area contributed by atoms with Crippen LogP contribution in [0, 0.1) is 5.92 Å². The van der Waals surface area contributed by atoms with Crippen molar-refractivity contribution in [1.82, 2.24) is 5.32 Å². The third kappa shape index (κ3) is 3.48. The first-order chi connectivity index (χ1) is 8.70. The maximum atomic E-state index is 3.58. The molecule has 1 aromatic carbocycles. The number of benzene rings is 1. The van der Waals surface area contributed by atoms with Crippen LogP contribution in [0.4, 0.5) is 5.69 Å². The molecule has 18 heavy (non-hydrogen) atoms. The van der Waals surface area contributed by atoms with Gasteiger partial charge in [-0.15, -0.1) is 0 Å². The summed E-state index contributed by atoms with van der Waals surface area (Å²) < 4.78 is 1.17. The van der Waals surface area contributed by atoms with E-state index in [1.807, 2.05) is 0 Å². The fourth-order valence-corrected chi connectivity index (χ4v) is 2.92. The summed E-state index contributed by atoms with van der Waals surface area (Å²) in [6.07, 6.45) is 2.63. The highest BCUT2D eigenvalue weighted by Crippen LogP contribution is 2.28. The number of nitrogens with zero attached hydrogens (tertiary/aromatic N) is 1. The SMILES string of the molecule is CCNCc1cc(Br)ccc1N1CCC(C)CC1. The molecule has 1 aromatic rings. The molecule has 1 aliphatic heterocycles. The molecule has 1 N–H and O–H groups in total. The molecule has 100 valence electrons. The van der Waals surface area contributed by atoms with Gasteiger partial charge in [-0.3, -0.25) is 0 Å². The van der Waals surface area contributed by atoms with Gasteiger partial charge in [-0.2, -0.15) is 0 Å². The van der Waals surface area contributed by atoms with E-state index in [4.69, 9.17) is 0 Å². The fraction of sp³-hybridized carbons (Fsp3) is 0.600. The van der Waals surface area contributed by atoms with E-state index >= 15 is 0 Å². The van der Waals surface area contributed by atoms with E-state index in [0.717, 1.165) is 19.0 Å². The molecule has 0 saturated carbocycles. The monoisotopic (exact) mass is 310 g/mol. The van der Waals surface area contributed by atoms with E-state index in [1.165, 1.54) is 41.7 Å². The van der Waals surface area contributed by atoms with Crippen molar-refractivity contribution < 1.29 is 0 Å². The minimum Gasteiger partial charge on any atom is -0.371 e. The van der Waals surface area contributed by atoms with Crippen molar-refractivity contribution >= 4 is 21.6 Å². The molecule has 1 aliphatic rings. The second kappa shape index (κ2) is 6.58. The lowest BCUT2D eigenvalue weighted by atomic mass is 9.98. The number of rotatable bonds is 4. The highest BCUT2D eigenvalue weighted by molar-refractivity contribution is 9.10. The second-order valence-corrected chi connectivity index (χ2v) is 6.14. The molecule has 0 amide bonds. The van der Waals surface area contributed by atoms with Gasteiger partial charge in [0.2, 0.25) is 0 Å². The fourth-order valence-electron chi connectivity index (χ4n) is 2.51. The number of nitrogens with one attached hydrogen (secondary N) is 1. The van der Waals surface area contributed by atoms with Crippen molar-refractivity contribution in [2.75, 3.05) is 24.5 Å². The standard InChI is InChI=1S/C15H23BrN2/c1-3-17-11-13-10-14(16)4-5-15(13)18-8-6-12(2)7-9-18/h4-5,10,12,17H,3,6-9,11H2,1-2H3. The first-order valence-corrected chi connectivity index (χ1v) is 7.74. The minimum atomic E-state index is 0.883. The summed E-state index contributed by atoms with van der Waals surface area (Å²) in [5, 5.41) is 3.43. The van der Waals surface area contributed by atoms with Gasteiger partial charge in [-0.25, -0.2) is 0 Å². The smallest absolute Gasteiger partial charge is 0.0412 e. The van der Waals surface area contributed by atoms with Crippen LogP contribution in [0.2, 0.25) is 0 Å². The molecule has 2 nitrogen and oxygen atoms in total. The van der Waals surface area contributed by atoms with Gasteiger partial charge in [-0.1, -0.05) is 29.8 Å². The van der Waals surface area contributed by atoms with Crippen molar-refractivity contribution in [3.8, 4) is 0 Å². The Morgan fingerprint density at radius 1 is 1.33 bits per heavy atom. The summed E-state index contributed by atoms with van der Waals surface area (Å²) in [6.45, 7) is 8.88. The number of hydrogen-bond donors (Lipinski definition) is 1. The zero-order valence-electron chi connectivity index (χ0n) is 11.4. The quantitative estimate of drug-likeness (QED) is 0.910. The van der Waals surface area contributed by atoms with Crippen LogP contribution in [0.1, 0.15) is 32.3 Å². The molecule has 1 saturated heterocycles. The largest absolute Gasteiger partial charge is 0.371 e. The average molecular weight is 311 g/mol. The number of anilines is 1. The van der Waals surface area contributed by atoms with Crippen molar-refractivity contribution in [3.05, 3.63) is 28.2 Å². The van der Waals surface area contributed by atoms with E-state index in [1.54, 1.807) is 0 Å². The first kappa shape index (κ1) is 13.9. The Bertz CT molecular complexity index is 384. The number of halogens is 1. The summed E-state index contributed by atoms with van der Waals surface area (Å²) in [7, 11) is 0. The summed E-state index contributed by atoms with van der Waals surface area (Å²) in [5.41, 5.74) is 2.81. The van der Waals surface area contributed by atoms with Crippen molar-refractivity contribution in [2.24, 2.45) is 5.92 Å². The van der Waals surface area contributed by atoms with Crippen molar-refractivity contribution in [3.63, 3.8) is 0 Å². The molecule has 0 bridgehead atoms. The van der Waals surface area contributed by atoms with Crippen molar-refractivity contribution in [2.45, 2.75) is 33.2 Å². The molecule has 0 spiro atoms. The Balaban J connectivity index is 2.15. The Morgan fingerprint density at radius 3 is 2.72 bits per heavy atom. The van der Waals surface area contributed by atoms with Gasteiger partial charge in [0.15, 0.2) is 0 Å². The van der Waals surface area contributed by atoms with Crippen LogP contribution < -0.4 is 10.2 Å². The summed E-state index contributed by atoms with van der Waals surface area (Å²) in [4.78, 5) is 2.54. The van der Waals surface area contributed by atoms with E-state index in [0.29, 0.717) is 0 Å². The van der Waals surface area contributed by atoms with Crippen molar-refractivity contribution in [1.29, 1.82) is 0 Å². The third-order valence-corrected chi connectivity index (χ3v) is 4.22. The Kier molecular flexibility index (Phi) is 5.07. The molecule has 2 rings (SSSR count). The molecular formula is C15H23BrN2. The van der Waals surface area contributed by atoms with Gasteiger partial charge in [0.1, 0.15) is 0 Å². The lowest BCUT2D eigenvalue weighted by Crippen LogP contribution is -2.33. The Morgan fingerprint density at radius 2 is 2.06 bits per heavy atom. The maximum Gasteiger partial charge on any atom is 0.0412 e. The number of piperidine rings is 1.